The predicted octanol–water partition coefficient (Wildman–Crippen LogP) is 4.70. The molecular formula is C17H15BrClNO. The van der Waals surface area contributed by atoms with Crippen LogP contribution < -0.4 is 5.32 Å². The Labute approximate surface area is 137 Å². The van der Waals surface area contributed by atoms with Crippen molar-refractivity contribution in [1.82, 2.24) is 5.32 Å². The third kappa shape index (κ3) is 3.30. The number of amides is 1. The van der Waals surface area contributed by atoms with Crippen molar-refractivity contribution in [1.29, 1.82) is 0 Å². The van der Waals surface area contributed by atoms with E-state index in [9.17, 15) is 4.79 Å². The van der Waals surface area contributed by atoms with Gasteiger partial charge in [0.25, 0.3) is 5.91 Å². The topological polar surface area (TPSA) is 29.1 Å². The van der Waals surface area contributed by atoms with E-state index in [1.54, 1.807) is 0 Å². The van der Waals surface area contributed by atoms with E-state index in [1.165, 1.54) is 5.56 Å². The van der Waals surface area contributed by atoms with Crippen molar-refractivity contribution in [3.8, 4) is 0 Å². The standard InChI is InChI=1S/C17H15BrClNO/c1-10-5-6-13(15(18)7-10)17(21)20-16-9-14(16)11-3-2-4-12(19)8-11/h2-8,14,16H,9H2,1H3,(H,20,21)/t14-,16+/m0/s1. The third-order valence-corrected chi connectivity index (χ3v) is 4.64. The van der Waals surface area contributed by atoms with E-state index in [0.717, 1.165) is 21.5 Å². The molecule has 3 rings (SSSR count). The highest BCUT2D eigenvalue weighted by Gasteiger charge is 2.39. The summed E-state index contributed by atoms with van der Waals surface area (Å²) in [6.07, 6.45) is 0.968. The molecule has 2 nitrogen and oxygen atoms in total. The summed E-state index contributed by atoms with van der Waals surface area (Å²) in [5, 5.41) is 3.83. The van der Waals surface area contributed by atoms with Crippen LogP contribution in [0, 0.1) is 6.92 Å². The van der Waals surface area contributed by atoms with E-state index in [4.69, 9.17) is 11.6 Å². The lowest BCUT2D eigenvalue weighted by Gasteiger charge is -2.07. The molecule has 108 valence electrons. The number of halogens is 2. The van der Waals surface area contributed by atoms with Gasteiger partial charge in [-0.05, 0) is 64.7 Å². The van der Waals surface area contributed by atoms with Crippen LogP contribution in [0.15, 0.2) is 46.9 Å². The Hall–Kier alpha value is -1.32. The molecule has 4 heteroatoms. The maximum Gasteiger partial charge on any atom is 0.252 e. The van der Waals surface area contributed by atoms with Crippen LogP contribution in [0.5, 0.6) is 0 Å². The summed E-state index contributed by atoms with van der Waals surface area (Å²) in [7, 11) is 0. The zero-order valence-electron chi connectivity index (χ0n) is 11.6. The van der Waals surface area contributed by atoms with Crippen LogP contribution in [0.4, 0.5) is 0 Å². The molecule has 0 aliphatic heterocycles. The second kappa shape index (κ2) is 5.82. The van der Waals surface area contributed by atoms with E-state index >= 15 is 0 Å². The van der Waals surface area contributed by atoms with Gasteiger partial charge in [0.05, 0.1) is 5.56 Å². The lowest BCUT2D eigenvalue weighted by atomic mass is 10.1. The fourth-order valence-corrected chi connectivity index (χ4v) is 3.38. The van der Waals surface area contributed by atoms with Crippen molar-refractivity contribution >= 4 is 33.4 Å². The van der Waals surface area contributed by atoms with Crippen LogP contribution in [0.3, 0.4) is 0 Å². The molecule has 1 aliphatic rings. The highest BCUT2D eigenvalue weighted by molar-refractivity contribution is 9.10. The molecule has 1 fully saturated rings. The summed E-state index contributed by atoms with van der Waals surface area (Å²) in [5.74, 6) is 0.341. The van der Waals surface area contributed by atoms with E-state index < -0.39 is 0 Å². The van der Waals surface area contributed by atoms with Gasteiger partial charge in [-0.15, -0.1) is 0 Å². The van der Waals surface area contributed by atoms with Crippen molar-refractivity contribution in [3.05, 3.63) is 68.7 Å². The van der Waals surface area contributed by atoms with Gasteiger partial charge in [0.2, 0.25) is 0 Å². The summed E-state index contributed by atoms with van der Waals surface area (Å²) < 4.78 is 0.833. The van der Waals surface area contributed by atoms with Gasteiger partial charge in [-0.1, -0.05) is 29.8 Å². The smallest absolute Gasteiger partial charge is 0.252 e. The van der Waals surface area contributed by atoms with Gasteiger partial charge >= 0.3 is 0 Å². The van der Waals surface area contributed by atoms with Gasteiger partial charge in [-0.2, -0.15) is 0 Å². The van der Waals surface area contributed by atoms with E-state index in [2.05, 4.69) is 27.3 Å². The summed E-state index contributed by atoms with van der Waals surface area (Å²) >= 11 is 9.46. The number of hydrogen-bond donors (Lipinski definition) is 1. The summed E-state index contributed by atoms with van der Waals surface area (Å²) in [6, 6.07) is 13.8. The molecule has 1 amide bonds. The molecule has 2 aromatic rings. The molecule has 0 aromatic heterocycles. The van der Waals surface area contributed by atoms with Gasteiger partial charge in [0.15, 0.2) is 0 Å². The minimum Gasteiger partial charge on any atom is -0.349 e. The van der Waals surface area contributed by atoms with E-state index in [0.29, 0.717) is 11.5 Å². The van der Waals surface area contributed by atoms with E-state index in [1.807, 2.05) is 43.3 Å². The average molecular weight is 365 g/mol. The predicted molar refractivity (Wildman–Crippen MR) is 88.9 cm³/mol. The van der Waals surface area contributed by atoms with E-state index in [-0.39, 0.29) is 11.9 Å². The fourth-order valence-electron chi connectivity index (χ4n) is 2.51. The van der Waals surface area contributed by atoms with Crippen LogP contribution in [0.1, 0.15) is 33.8 Å². The largest absolute Gasteiger partial charge is 0.349 e. The molecule has 0 unspecified atom stereocenters. The maximum absolute atomic E-state index is 12.3. The SMILES string of the molecule is Cc1ccc(C(=O)N[C@@H]2C[C@H]2c2cccc(Cl)c2)c(Br)c1. The molecule has 0 heterocycles. The molecule has 0 saturated heterocycles. The molecule has 1 N–H and O–H groups in total. The average Bonchev–Trinajstić information content (AvgIpc) is 3.17. The summed E-state index contributed by atoms with van der Waals surface area (Å²) in [6.45, 7) is 2.00. The first-order valence-electron chi connectivity index (χ1n) is 6.87. The Balaban J connectivity index is 1.67. The molecule has 2 aromatic carbocycles. The first-order valence-corrected chi connectivity index (χ1v) is 8.04. The minimum atomic E-state index is -0.0311. The lowest BCUT2D eigenvalue weighted by molar-refractivity contribution is 0.0949. The van der Waals surface area contributed by atoms with Crippen molar-refractivity contribution < 1.29 is 4.79 Å². The Kier molecular flexibility index (Phi) is 4.05. The molecule has 2 atom stereocenters. The quantitative estimate of drug-likeness (QED) is 0.840. The molecule has 0 spiro atoms. The van der Waals surface area contributed by atoms with Crippen molar-refractivity contribution in [3.63, 3.8) is 0 Å². The van der Waals surface area contributed by atoms with Crippen molar-refractivity contribution in [2.24, 2.45) is 0 Å². The number of benzene rings is 2. The Bertz CT molecular complexity index is 701. The third-order valence-electron chi connectivity index (χ3n) is 3.75. The van der Waals surface area contributed by atoms with Crippen molar-refractivity contribution in [2.45, 2.75) is 25.3 Å². The zero-order valence-corrected chi connectivity index (χ0v) is 13.9. The molecule has 1 saturated carbocycles. The lowest BCUT2D eigenvalue weighted by Crippen LogP contribution is -2.26. The molecule has 0 bridgehead atoms. The molecule has 21 heavy (non-hydrogen) atoms. The van der Waals surface area contributed by atoms with Crippen LogP contribution >= 0.6 is 27.5 Å². The number of rotatable bonds is 3. The number of aryl methyl sites for hydroxylation is 1. The number of hydrogen-bond acceptors (Lipinski definition) is 1. The molecule has 0 radical (unpaired) electrons. The Morgan fingerprint density at radius 3 is 2.81 bits per heavy atom. The Morgan fingerprint density at radius 1 is 1.29 bits per heavy atom. The second-order valence-corrected chi connectivity index (χ2v) is 6.75. The normalized spacial score (nSPS) is 20.1. The van der Waals surface area contributed by atoms with Gasteiger partial charge in [0, 0.05) is 21.5 Å². The fraction of sp³-hybridized carbons (Fsp3) is 0.235. The second-order valence-electron chi connectivity index (χ2n) is 5.46. The van der Waals surface area contributed by atoms with Gasteiger partial charge in [-0.25, -0.2) is 0 Å². The monoisotopic (exact) mass is 363 g/mol. The van der Waals surface area contributed by atoms with Crippen LogP contribution in [0.2, 0.25) is 5.02 Å². The van der Waals surface area contributed by atoms with Gasteiger partial charge < -0.3 is 5.32 Å². The zero-order chi connectivity index (χ0) is 15.0. The Morgan fingerprint density at radius 2 is 2.10 bits per heavy atom. The van der Waals surface area contributed by atoms with Crippen LogP contribution in [-0.2, 0) is 0 Å². The first-order chi connectivity index (χ1) is 10.0. The van der Waals surface area contributed by atoms with Gasteiger partial charge in [-0.3, -0.25) is 4.79 Å². The molecule has 1 aliphatic carbocycles. The minimum absolute atomic E-state index is 0.0311. The maximum atomic E-state index is 12.3. The molecular weight excluding hydrogens is 350 g/mol. The highest BCUT2D eigenvalue weighted by atomic mass is 79.9. The van der Waals surface area contributed by atoms with Crippen LogP contribution in [-0.4, -0.2) is 11.9 Å². The number of carbonyl (C=O) groups is 1. The summed E-state index contributed by atoms with van der Waals surface area (Å²) in [4.78, 5) is 12.3. The van der Waals surface area contributed by atoms with Crippen molar-refractivity contribution in [2.75, 3.05) is 0 Å². The number of carbonyl (C=O) groups excluding carboxylic acids is 1. The number of nitrogens with one attached hydrogen (secondary N) is 1. The van der Waals surface area contributed by atoms with Gasteiger partial charge in [0.1, 0.15) is 0 Å². The summed E-state index contributed by atoms with van der Waals surface area (Å²) in [5.41, 5.74) is 3.00. The van der Waals surface area contributed by atoms with Crippen LogP contribution in [0.25, 0.3) is 0 Å². The first kappa shape index (κ1) is 14.6. The highest BCUT2D eigenvalue weighted by Crippen LogP contribution is 2.41.